The third-order valence-electron chi connectivity index (χ3n) is 4.11. The number of hydrogen-bond donors (Lipinski definition) is 1. The van der Waals surface area contributed by atoms with Crippen molar-refractivity contribution >= 4 is 15.7 Å². The van der Waals surface area contributed by atoms with Crippen LogP contribution in [0.15, 0.2) is 36.4 Å². The SMILES string of the molecule is CCn1c(C)cc(C(=O)NC(CS(C)(=O)=O)c2ccccc2)c1C. The Labute approximate surface area is 143 Å². The van der Waals surface area contributed by atoms with Crippen LogP contribution in [0.25, 0.3) is 0 Å². The van der Waals surface area contributed by atoms with Crippen molar-refractivity contribution in [3.8, 4) is 0 Å². The van der Waals surface area contributed by atoms with Gasteiger partial charge in [0.25, 0.3) is 5.91 Å². The maximum Gasteiger partial charge on any atom is 0.253 e. The van der Waals surface area contributed by atoms with Crippen LogP contribution in [0.4, 0.5) is 0 Å². The molecule has 1 N–H and O–H groups in total. The molecule has 1 aromatic carbocycles. The van der Waals surface area contributed by atoms with E-state index in [1.54, 1.807) is 0 Å². The van der Waals surface area contributed by atoms with Gasteiger partial charge in [0.15, 0.2) is 0 Å². The fourth-order valence-corrected chi connectivity index (χ4v) is 3.84. The van der Waals surface area contributed by atoms with Gasteiger partial charge >= 0.3 is 0 Å². The zero-order valence-corrected chi connectivity index (χ0v) is 15.4. The molecule has 1 heterocycles. The Kier molecular flexibility index (Phi) is 5.49. The first kappa shape index (κ1) is 18.3. The predicted octanol–water partition coefficient (Wildman–Crippen LogP) is 2.64. The predicted molar refractivity (Wildman–Crippen MR) is 95.9 cm³/mol. The molecule has 6 heteroatoms. The highest BCUT2D eigenvalue weighted by Gasteiger charge is 2.22. The first-order valence-corrected chi connectivity index (χ1v) is 9.99. The minimum absolute atomic E-state index is 0.130. The number of nitrogens with zero attached hydrogens (tertiary/aromatic N) is 1. The van der Waals surface area contributed by atoms with Crippen LogP contribution >= 0.6 is 0 Å². The number of carbonyl (C=O) groups is 1. The molecule has 130 valence electrons. The lowest BCUT2D eigenvalue weighted by molar-refractivity contribution is 0.0939. The van der Waals surface area contributed by atoms with Crippen LogP contribution in [-0.2, 0) is 16.4 Å². The summed E-state index contributed by atoms with van der Waals surface area (Å²) in [7, 11) is -3.24. The molecule has 0 aliphatic heterocycles. The smallest absolute Gasteiger partial charge is 0.253 e. The van der Waals surface area contributed by atoms with Crippen molar-refractivity contribution in [1.29, 1.82) is 0 Å². The lowest BCUT2D eigenvalue weighted by Gasteiger charge is -2.18. The monoisotopic (exact) mass is 348 g/mol. The molecule has 0 fully saturated rings. The standard InChI is InChI=1S/C18H24N2O3S/c1-5-20-13(2)11-16(14(20)3)18(21)19-17(12-24(4,22)23)15-9-7-6-8-10-15/h6-11,17H,5,12H2,1-4H3,(H,19,21). The number of nitrogens with one attached hydrogen (secondary N) is 1. The van der Waals surface area contributed by atoms with Gasteiger partial charge in [0.05, 0.1) is 17.4 Å². The number of rotatable bonds is 6. The van der Waals surface area contributed by atoms with E-state index in [4.69, 9.17) is 0 Å². The quantitative estimate of drug-likeness (QED) is 0.872. The Balaban J connectivity index is 2.31. The number of carbonyl (C=O) groups excluding carboxylic acids is 1. The van der Waals surface area contributed by atoms with E-state index in [0.29, 0.717) is 5.56 Å². The second kappa shape index (κ2) is 7.21. The van der Waals surface area contributed by atoms with Crippen LogP contribution in [0.1, 0.15) is 40.3 Å². The van der Waals surface area contributed by atoms with Crippen molar-refractivity contribution < 1.29 is 13.2 Å². The van der Waals surface area contributed by atoms with Crippen LogP contribution in [0.2, 0.25) is 0 Å². The van der Waals surface area contributed by atoms with Gasteiger partial charge in [-0.3, -0.25) is 4.79 Å². The Morgan fingerprint density at radius 3 is 2.33 bits per heavy atom. The molecular weight excluding hydrogens is 324 g/mol. The van der Waals surface area contributed by atoms with Crippen molar-refractivity contribution in [1.82, 2.24) is 9.88 Å². The van der Waals surface area contributed by atoms with E-state index in [-0.39, 0.29) is 11.7 Å². The van der Waals surface area contributed by atoms with E-state index < -0.39 is 15.9 Å². The summed E-state index contributed by atoms with van der Waals surface area (Å²) in [6.07, 6.45) is 1.18. The maximum atomic E-state index is 12.7. The Hall–Kier alpha value is -2.08. The van der Waals surface area contributed by atoms with Crippen molar-refractivity contribution in [2.45, 2.75) is 33.4 Å². The number of amides is 1. The average Bonchev–Trinajstić information content (AvgIpc) is 2.80. The van der Waals surface area contributed by atoms with E-state index in [1.165, 1.54) is 6.26 Å². The summed E-state index contributed by atoms with van der Waals surface area (Å²) in [6.45, 7) is 6.67. The second-order valence-corrected chi connectivity index (χ2v) is 8.24. The molecule has 5 nitrogen and oxygen atoms in total. The van der Waals surface area contributed by atoms with Gasteiger partial charge in [-0.2, -0.15) is 0 Å². The molecule has 2 rings (SSSR count). The average molecular weight is 348 g/mol. The largest absolute Gasteiger partial charge is 0.349 e. The van der Waals surface area contributed by atoms with Gasteiger partial charge in [0.2, 0.25) is 0 Å². The van der Waals surface area contributed by atoms with Gasteiger partial charge < -0.3 is 9.88 Å². The second-order valence-electron chi connectivity index (χ2n) is 6.06. The summed E-state index contributed by atoms with van der Waals surface area (Å²) in [6, 6.07) is 10.4. The van der Waals surface area contributed by atoms with E-state index in [1.807, 2.05) is 57.2 Å². The molecule has 0 saturated heterocycles. The molecule has 2 aromatic rings. The summed E-state index contributed by atoms with van der Waals surface area (Å²) in [5, 5.41) is 2.88. The number of hydrogen-bond acceptors (Lipinski definition) is 3. The van der Waals surface area contributed by atoms with Gasteiger partial charge in [-0.15, -0.1) is 0 Å². The van der Waals surface area contributed by atoms with Crippen molar-refractivity contribution in [3.63, 3.8) is 0 Å². The van der Waals surface area contributed by atoms with E-state index in [0.717, 1.165) is 23.5 Å². The van der Waals surface area contributed by atoms with Crippen molar-refractivity contribution in [3.05, 3.63) is 58.9 Å². The minimum atomic E-state index is -3.24. The molecule has 1 amide bonds. The molecule has 0 aliphatic carbocycles. The highest BCUT2D eigenvalue weighted by atomic mass is 32.2. The number of sulfone groups is 1. The van der Waals surface area contributed by atoms with E-state index >= 15 is 0 Å². The van der Waals surface area contributed by atoms with E-state index in [9.17, 15) is 13.2 Å². The van der Waals surface area contributed by atoms with Crippen LogP contribution in [0.3, 0.4) is 0 Å². The Morgan fingerprint density at radius 1 is 1.21 bits per heavy atom. The van der Waals surface area contributed by atoms with Crippen LogP contribution in [0, 0.1) is 13.8 Å². The maximum absolute atomic E-state index is 12.7. The van der Waals surface area contributed by atoms with Crippen molar-refractivity contribution in [2.24, 2.45) is 0 Å². The third-order valence-corrected chi connectivity index (χ3v) is 5.05. The summed E-state index contributed by atoms with van der Waals surface area (Å²) >= 11 is 0. The lowest BCUT2D eigenvalue weighted by atomic mass is 10.1. The third kappa shape index (κ3) is 4.26. The molecule has 0 aliphatic rings. The molecule has 1 atom stereocenters. The molecule has 0 saturated carbocycles. The minimum Gasteiger partial charge on any atom is -0.349 e. The van der Waals surface area contributed by atoms with Crippen LogP contribution in [-0.4, -0.2) is 30.9 Å². The highest BCUT2D eigenvalue weighted by Crippen LogP contribution is 2.19. The zero-order chi connectivity index (χ0) is 17.9. The molecule has 24 heavy (non-hydrogen) atoms. The number of aryl methyl sites for hydroxylation is 1. The topological polar surface area (TPSA) is 68.2 Å². The summed E-state index contributed by atoms with van der Waals surface area (Å²) < 4.78 is 25.6. The number of aromatic nitrogens is 1. The van der Waals surface area contributed by atoms with Gasteiger partial charge in [-0.25, -0.2) is 8.42 Å². The fourth-order valence-electron chi connectivity index (χ4n) is 2.96. The normalized spacial score (nSPS) is 12.8. The molecular formula is C18H24N2O3S. The first-order valence-electron chi connectivity index (χ1n) is 7.93. The highest BCUT2D eigenvalue weighted by molar-refractivity contribution is 7.90. The summed E-state index contributed by atoms with van der Waals surface area (Å²) in [5.74, 6) is -0.379. The van der Waals surface area contributed by atoms with Gasteiger partial charge in [-0.05, 0) is 32.4 Å². The molecule has 0 radical (unpaired) electrons. The molecule has 1 aromatic heterocycles. The lowest BCUT2D eigenvalue weighted by Crippen LogP contribution is -2.33. The van der Waals surface area contributed by atoms with Gasteiger partial charge in [-0.1, -0.05) is 30.3 Å². The Bertz CT molecular complexity index is 823. The fraction of sp³-hybridized carbons (Fsp3) is 0.389. The zero-order valence-electron chi connectivity index (χ0n) is 14.5. The summed E-state index contributed by atoms with van der Waals surface area (Å²) in [4.78, 5) is 12.7. The van der Waals surface area contributed by atoms with Gasteiger partial charge in [0, 0.05) is 24.2 Å². The van der Waals surface area contributed by atoms with Crippen molar-refractivity contribution in [2.75, 3.05) is 12.0 Å². The van der Waals surface area contributed by atoms with Crippen LogP contribution < -0.4 is 5.32 Å². The summed E-state index contributed by atoms with van der Waals surface area (Å²) in [5.41, 5.74) is 3.27. The first-order chi connectivity index (χ1) is 11.2. The van der Waals surface area contributed by atoms with Crippen LogP contribution in [0.5, 0.6) is 0 Å². The molecule has 0 spiro atoms. The number of benzene rings is 1. The molecule has 1 unspecified atom stereocenters. The Morgan fingerprint density at radius 2 is 1.83 bits per heavy atom. The van der Waals surface area contributed by atoms with Gasteiger partial charge in [0.1, 0.15) is 9.84 Å². The molecule has 0 bridgehead atoms. The van der Waals surface area contributed by atoms with E-state index in [2.05, 4.69) is 9.88 Å².